The maximum Gasteiger partial charge on any atom is 0.264 e. The summed E-state index contributed by atoms with van der Waals surface area (Å²) >= 11 is 18.3. The Hall–Kier alpha value is -2.85. The molecule has 12 heteroatoms. The van der Waals surface area contributed by atoms with E-state index in [1.165, 1.54) is 23.1 Å². The highest BCUT2D eigenvalue weighted by molar-refractivity contribution is 7.92. The Bertz CT molecular complexity index is 1540. The van der Waals surface area contributed by atoms with Crippen molar-refractivity contribution in [3.63, 3.8) is 0 Å². The van der Waals surface area contributed by atoms with Crippen LogP contribution in [0.15, 0.2) is 71.6 Å². The third-order valence-electron chi connectivity index (χ3n) is 7.26. The molecule has 0 unspecified atom stereocenters. The van der Waals surface area contributed by atoms with Crippen molar-refractivity contribution in [1.82, 2.24) is 10.2 Å². The summed E-state index contributed by atoms with van der Waals surface area (Å²) in [6, 6.07) is 14.9. The lowest BCUT2D eigenvalue weighted by Crippen LogP contribution is -2.53. The molecule has 1 fully saturated rings. The van der Waals surface area contributed by atoms with Gasteiger partial charge >= 0.3 is 0 Å². The molecule has 42 heavy (non-hydrogen) atoms. The van der Waals surface area contributed by atoms with Gasteiger partial charge in [-0.2, -0.15) is 0 Å². The van der Waals surface area contributed by atoms with Crippen LogP contribution in [-0.2, 0) is 26.2 Å². The number of rotatable bonds is 10. The van der Waals surface area contributed by atoms with Gasteiger partial charge in [-0.05, 0) is 67.8 Å². The summed E-state index contributed by atoms with van der Waals surface area (Å²) in [4.78, 5) is 28.6. The number of carbonyl (C=O) groups is 2. The average Bonchev–Trinajstić information content (AvgIpc) is 2.98. The van der Waals surface area contributed by atoms with Crippen LogP contribution in [0.5, 0.6) is 0 Å². The second-order valence-electron chi connectivity index (χ2n) is 10.2. The van der Waals surface area contributed by atoms with E-state index in [9.17, 15) is 22.4 Å². The Balaban J connectivity index is 1.70. The lowest BCUT2D eigenvalue weighted by Gasteiger charge is -2.33. The average molecular weight is 655 g/mol. The van der Waals surface area contributed by atoms with E-state index in [0.717, 1.165) is 48.5 Å². The molecule has 0 aliphatic heterocycles. The van der Waals surface area contributed by atoms with Gasteiger partial charge in [0.25, 0.3) is 10.0 Å². The Morgan fingerprint density at radius 2 is 1.62 bits per heavy atom. The number of carbonyl (C=O) groups excluding carboxylic acids is 2. The Morgan fingerprint density at radius 3 is 2.26 bits per heavy atom. The molecule has 1 atom stereocenters. The number of halogens is 4. The Kier molecular flexibility index (Phi) is 10.8. The largest absolute Gasteiger partial charge is 0.352 e. The Morgan fingerprint density at radius 1 is 0.929 bits per heavy atom. The molecule has 3 aromatic carbocycles. The summed E-state index contributed by atoms with van der Waals surface area (Å²) in [5, 5.41) is 3.34. The molecule has 1 aliphatic rings. The van der Waals surface area contributed by atoms with Gasteiger partial charge in [-0.15, -0.1) is 0 Å². The fourth-order valence-corrected chi connectivity index (χ4v) is 6.80. The smallest absolute Gasteiger partial charge is 0.264 e. The van der Waals surface area contributed by atoms with E-state index in [-0.39, 0.29) is 39.1 Å². The first-order chi connectivity index (χ1) is 20.0. The number of amides is 2. The molecule has 0 saturated heterocycles. The number of benzene rings is 3. The predicted octanol–water partition coefficient (Wildman–Crippen LogP) is 6.85. The van der Waals surface area contributed by atoms with Crippen LogP contribution < -0.4 is 9.62 Å². The number of hydrogen-bond donors (Lipinski definition) is 1. The van der Waals surface area contributed by atoms with Crippen LogP contribution in [0.4, 0.5) is 10.1 Å². The van der Waals surface area contributed by atoms with Crippen molar-refractivity contribution < 1.29 is 22.4 Å². The molecule has 0 aromatic heterocycles. The minimum Gasteiger partial charge on any atom is -0.352 e. The number of nitrogens with zero attached hydrogens (tertiary/aromatic N) is 2. The predicted molar refractivity (Wildman–Crippen MR) is 164 cm³/mol. The molecular weight excluding hydrogens is 624 g/mol. The van der Waals surface area contributed by atoms with Gasteiger partial charge in [0.2, 0.25) is 11.8 Å². The van der Waals surface area contributed by atoms with Crippen molar-refractivity contribution in [2.75, 3.05) is 10.8 Å². The minimum atomic E-state index is -4.30. The molecule has 2 amide bonds. The van der Waals surface area contributed by atoms with E-state index < -0.39 is 34.3 Å². The summed E-state index contributed by atoms with van der Waals surface area (Å²) in [5.41, 5.74) is 0.588. The fraction of sp³-hybridized carbons (Fsp3) is 0.333. The number of hydrogen-bond acceptors (Lipinski definition) is 4. The van der Waals surface area contributed by atoms with Gasteiger partial charge in [0.05, 0.1) is 25.7 Å². The SMILES string of the molecule is C[C@H](C(=O)NC1CCCCC1)N(Cc1ccc(Cl)c(Cl)c1)C(=O)CN(c1ccc(F)c(Cl)c1)S(=O)(=O)c1ccccc1. The van der Waals surface area contributed by atoms with Gasteiger partial charge in [0.15, 0.2) is 0 Å². The number of sulfonamides is 1. The quantitative estimate of drug-likeness (QED) is 0.259. The van der Waals surface area contributed by atoms with E-state index in [0.29, 0.717) is 10.6 Å². The van der Waals surface area contributed by atoms with Crippen molar-refractivity contribution in [2.45, 2.75) is 62.6 Å². The summed E-state index contributed by atoms with van der Waals surface area (Å²) < 4.78 is 42.5. The highest BCUT2D eigenvalue weighted by atomic mass is 35.5. The van der Waals surface area contributed by atoms with Crippen LogP contribution in [0.25, 0.3) is 0 Å². The molecule has 0 heterocycles. The van der Waals surface area contributed by atoms with Crippen LogP contribution in [0.2, 0.25) is 15.1 Å². The van der Waals surface area contributed by atoms with Crippen molar-refractivity contribution in [2.24, 2.45) is 0 Å². The summed E-state index contributed by atoms with van der Waals surface area (Å²) in [6.45, 7) is 0.873. The van der Waals surface area contributed by atoms with Crippen molar-refractivity contribution in [1.29, 1.82) is 0 Å². The topological polar surface area (TPSA) is 86.8 Å². The first kappa shape index (κ1) is 32.1. The van der Waals surface area contributed by atoms with Gasteiger partial charge in [-0.25, -0.2) is 12.8 Å². The summed E-state index contributed by atoms with van der Waals surface area (Å²) in [7, 11) is -4.30. The first-order valence-corrected chi connectivity index (χ1v) is 16.1. The maximum atomic E-state index is 14.0. The van der Waals surface area contributed by atoms with Crippen LogP contribution in [0.1, 0.15) is 44.6 Å². The maximum absolute atomic E-state index is 14.0. The van der Waals surface area contributed by atoms with Gasteiger partial charge in [-0.3, -0.25) is 13.9 Å². The van der Waals surface area contributed by atoms with Crippen LogP contribution in [0, 0.1) is 5.82 Å². The van der Waals surface area contributed by atoms with Crippen LogP contribution >= 0.6 is 34.8 Å². The van der Waals surface area contributed by atoms with E-state index in [4.69, 9.17) is 34.8 Å². The monoisotopic (exact) mass is 653 g/mol. The van der Waals surface area contributed by atoms with E-state index in [1.54, 1.807) is 43.3 Å². The van der Waals surface area contributed by atoms with Crippen LogP contribution in [-0.4, -0.2) is 43.8 Å². The molecule has 7 nitrogen and oxygen atoms in total. The van der Waals surface area contributed by atoms with E-state index >= 15 is 0 Å². The lowest BCUT2D eigenvalue weighted by atomic mass is 9.95. The van der Waals surface area contributed by atoms with Gasteiger partial charge < -0.3 is 10.2 Å². The third kappa shape index (κ3) is 7.75. The van der Waals surface area contributed by atoms with Gasteiger partial charge in [0, 0.05) is 12.6 Å². The van der Waals surface area contributed by atoms with Crippen molar-refractivity contribution >= 4 is 62.3 Å². The second kappa shape index (κ2) is 14.1. The highest BCUT2D eigenvalue weighted by Gasteiger charge is 2.33. The second-order valence-corrected chi connectivity index (χ2v) is 13.3. The van der Waals surface area contributed by atoms with Crippen molar-refractivity contribution in [3.05, 3.63) is 93.2 Å². The molecule has 3 aromatic rings. The molecule has 1 N–H and O–H groups in total. The van der Waals surface area contributed by atoms with Crippen molar-refractivity contribution in [3.8, 4) is 0 Å². The summed E-state index contributed by atoms with van der Waals surface area (Å²) in [6.07, 6.45) is 4.85. The fourth-order valence-electron chi connectivity index (χ4n) is 4.87. The van der Waals surface area contributed by atoms with Gasteiger partial charge in [0.1, 0.15) is 18.4 Å². The normalized spacial score (nSPS) is 14.7. The zero-order chi connectivity index (χ0) is 30.4. The molecule has 0 bridgehead atoms. The zero-order valence-electron chi connectivity index (χ0n) is 22.9. The zero-order valence-corrected chi connectivity index (χ0v) is 26.0. The molecule has 0 radical (unpaired) electrons. The third-order valence-corrected chi connectivity index (χ3v) is 10.1. The molecule has 1 saturated carbocycles. The molecule has 4 rings (SSSR count). The minimum absolute atomic E-state index is 0.00643. The lowest BCUT2D eigenvalue weighted by molar-refractivity contribution is -0.139. The molecular formula is C30H31Cl3FN3O4S. The first-order valence-electron chi connectivity index (χ1n) is 13.5. The summed E-state index contributed by atoms with van der Waals surface area (Å²) in [5.74, 6) is -1.75. The van der Waals surface area contributed by atoms with E-state index in [2.05, 4.69) is 5.32 Å². The van der Waals surface area contributed by atoms with E-state index in [1.807, 2.05) is 0 Å². The molecule has 224 valence electrons. The van der Waals surface area contributed by atoms with Crippen LogP contribution in [0.3, 0.4) is 0 Å². The molecule has 0 spiro atoms. The Labute approximate surface area is 260 Å². The standard InChI is InChI=1S/C30H31Cl3FN3O4S/c1-20(30(39)35-22-8-4-2-5-9-22)36(18-21-12-14-25(31)26(32)16-21)29(38)19-37(23-13-15-28(34)27(33)17-23)42(40,41)24-10-6-3-7-11-24/h3,6-7,10-17,20,22H,2,4-5,8-9,18-19H2,1H3,(H,35,39)/t20-/m1/s1. The molecule has 1 aliphatic carbocycles. The highest BCUT2D eigenvalue weighted by Crippen LogP contribution is 2.29. The number of anilines is 1. The van der Waals surface area contributed by atoms with Gasteiger partial charge in [-0.1, -0.05) is 78.3 Å². The number of nitrogens with one attached hydrogen (secondary N) is 1.